The molecule has 1 heterocycles. The Morgan fingerprint density at radius 2 is 1.63 bits per heavy atom. The second kappa shape index (κ2) is 10.4. The Bertz CT molecular complexity index is 1000. The molecule has 30 heavy (non-hydrogen) atoms. The molecule has 8 heteroatoms. The zero-order valence-corrected chi connectivity index (χ0v) is 19.2. The summed E-state index contributed by atoms with van der Waals surface area (Å²) in [7, 11) is 8.62. The number of hydrogen-bond donors (Lipinski definition) is 0. The van der Waals surface area contributed by atoms with Gasteiger partial charge in [-0.25, -0.2) is 4.98 Å². The summed E-state index contributed by atoms with van der Waals surface area (Å²) < 4.78 is 16.1. The first kappa shape index (κ1) is 23.7. The standard InChI is InChI=1S/C22H24N2O4S.ClH/c1-24(2)12-14-6-8-15(9-7-14)22-23-17(13-29-22)19(25)16-10-11-18(26-3)21(28-5)20(16)27-4;/h6-11,13H,12H2,1-5H3;1H. The van der Waals surface area contributed by atoms with Crippen LogP contribution in [0.2, 0.25) is 0 Å². The van der Waals surface area contributed by atoms with Gasteiger partial charge in [-0.2, -0.15) is 0 Å². The van der Waals surface area contributed by atoms with E-state index in [9.17, 15) is 4.79 Å². The molecule has 0 saturated heterocycles. The van der Waals surface area contributed by atoms with Gasteiger partial charge in [-0.05, 0) is 31.8 Å². The topological polar surface area (TPSA) is 60.9 Å². The van der Waals surface area contributed by atoms with Gasteiger partial charge >= 0.3 is 0 Å². The van der Waals surface area contributed by atoms with Crippen molar-refractivity contribution < 1.29 is 19.0 Å². The molecule has 0 fully saturated rings. The smallest absolute Gasteiger partial charge is 0.216 e. The number of nitrogens with zero attached hydrogens (tertiary/aromatic N) is 2. The summed E-state index contributed by atoms with van der Waals surface area (Å²) in [4.78, 5) is 19.7. The molecule has 0 aliphatic rings. The molecule has 0 atom stereocenters. The molecule has 0 saturated carbocycles. The first-order valence-corrected chi connectivity index (χ1v) is 9.89. The van der Waals surface area contributed by atoms with Crippen LogP contribution >= 0.6 is 23.7 Å². The highest BCUT2D eigenvalue weighted by molar-refractivity contribution is 7.13. The van der Waals surface area contributed by atoms with Crippen molar-refractivity contribution in [3.05, 3.63) is 58.6 Å². The summed E-state index contributed by atoms with van der Waals surface area (Å²) in [6, 6.07) is 11.6. The number of hydrogen-bond acceptors (Lipinski definition) is 7. The van der Waals surface area contributed by atoms with E-state index < -0.39 is 0 Å². The van der Waals surface area contributed by atoms with E-state index in [2.05, 4.69) is 22.0 Å². The van der Waals surface area contributed by atoms with Gasteiger partial charge in [0.25, 0.3) is 0 Å². The molecular weight excluding hydrogens is 424 g/mol. The lowest BCUT2D eigenvalue weighted by Gasteiger charge is -2.14. The normalized spacial score (nSPS) is 10.5. The van der Waals surface area contributed by atoms with E-state index in [0.717, 1.165) is 17.1 Å². The molecule has 0 aliphatic heterocycles. The Labute approximate surface area is 186 Å². The molecule has 1 aromatic heterocycles. The van der Waals surface area contributed by atoms with E-state index in [0.29, 0.717) is 28.5 Å². The minimum absolute atomic E-state index is 0. The first-order chi connectivity index (χ1) is 14.0. The van der Waals surface area contributed by atoms with Crippen LogP contribution in [0.1, 0.15) is 21.6 Å². The predicted molar refractivity (Wildman–Crippen MR) is 122 cm³/mol. The van der Waals surface area contributed by atoms with Crippen molar-refractivity contribution in [2.45, 2.75) is 6.54 Å². The maximum atomic E-state index is 13.1. The molecule has 0 unspecified atom stereocenters. The summed E-state index contributed by atoms with van der Waals surface area (Å²) in [6.45, 7) is 0.876. The van der Waals surface area contributed by atoms with Crippen LogP contribution in [-0.2, 0) is 6.54 Å². The van der Waals surface area contributed by atoms with Gasteiger partial charge in [0.1, 0.15) is 10.7 Å². The summed E-state index contributed by atoms with van der Waals surface area (Å²) in [5.41, 5.74) is 2.95. The zero-order valence-electron chi connectivity index (χ0n) is 17.6. The lowest BCUT2D eigenvalue weighted by Crippen LogP contribution is -2.10. The lowest BCUT2D eigenvalue weighted by atomic mass is 10.1. The molecule has 0 radical (unpaired) electrons. The van der Waals surface area contributed by atoms with Crippen LogP contribution in [0.25, 0.3) is 10.6 Å². The molecule has 160 valence electrons. The fourth-order valence-corrected chi connectivity index (χ4v) is 3.85. The van der Waals surface area contributed by atoms with Crippen molar-refractivity contribution in [2.75, 3.05) is 35.4 Å². The number of ketones is 1. The molecule has 0 amide bonds. The number of aromatic nitrogens is 1. The Morgan fingerprint density at radius 1 is 0.967 bits per heavy atom. The molecule has 0 bridgehead atoms. The van der Waals surface area contributed by atoms with Gasteiger partial charge in [0.05, 0.1) is 26.9 Å². The van der Waals surface area contributed by atoms with E-state index in [4.69, 9.17) is 14.2 Å². The highest BCUT2D eigenvalue weighted by Crippen LogP contribution is 2.40. The average molecular weight is 449 g/mol. The van der Waals surface area contributed by atoms with Gasteiger partial charge in [0.2, 0.25) is 11.5 Å². The quantitative estimate of drug-likeness (QED) is 0.471. The predicted octanol–water partition coefficient (Wildman–Crippen LogP) is 4.55. The molecule has 2 aromatic carbocycles. The van der Waals surface area contributed by atoms with Gasteiger partial charge in [0.15, 0.2) is 11.5 Å². The van der Waals surface area contributed by atoms with E-state index in [1.165, 1.54) is 38.2 Å². The Morgan fingerprint density at radius 3 is 2.20 bits per heavy atom. The van der Waals surface area contributed by atoms with Crippen molar-refractivity contribution in [1.82, 2.24) is 9.88 Å². The van der Waals surface area contributed by atoms with E-state index >= 15 is 0 Å². The number of methoxy groups -OCH3 is 3. The summed E-state index contributed by atoms with van der Waals surface area (Å²) >= 11 is 1.44. The maximum Gasteiger partial charge on any atom is 0.216 e. The van der Waals surface area contributed by atoms with E-state index in [1.54, 1.807) is 17.5 Å². The van der Waals surface area contributed by atoms with Crippen LogP contribution < -0.4 is 14.2 Å². The monoisotopic (exact) mass is 448 g/mol. The number of thiazole rings is 1. The zero-order chi connectivity index (χ0) is 21.0. The van der Waals surface area contributed by atoms with Crippen LogP contribution in [-0.4, -0.2) is 51.1 Å². The van der Waals surface area contributed by atoms with Gasteiger partial charge in [-0.15, -0.1) is 23.7 Å². The second-order valence-corrected chi connectivity index (χ2v) is 7.54. The third kappa shape index (κ3) is 4.92. The molecule has 0 N–H and O–H groups in total. The van der Waals surface area contributed by atoms with E-state index in [-0.39, 0.29) is 18.2 Å². The molecule has 0 spiro atoms. The third-order valence-electron chi connectivity index (χ3n) is 4.39. The molecule has 0 aliphatic carbocycles. The summed E-state index contributed by atoms with van der Waals surface area (Å²) in [5.74, 6) is 0.986. The minimum Gasteiger partial charge on any atom is -0.493 e. The van der Waals surface area contributed by atoms with Crippen molar-refractivity contribution in [1.29, 1.82) is 0 Å². The molecule has 6 nitrogen and oxygen atoms in total. The van der Waals surface area contributed by atoms with Crippen molar-refractivity contribution in [3.8, 4) is 27.8 Å². The summed E-state index contributed by atoms with van der Waals surface area (Å²) in [6.07, 6.45) is 0. The molecule has 3 aromatic rings. The number of ether oxygens (including phenoxy) is 3. The fraction of sp³-hybridized carbons (Fsp3) is 0.273. The first-order valence-electron chi connectivity index (χ1n) is 9.01. The van der Waals surface area contributed by atoms with Gasteiger partial charge in [0, 0.05) is 17.5 Å². The third-order valence-corrected chi connectivity index (χ3v) is 5.28. The highest BCUT2D eigenvalue weighted by atomic mass is 35.5. The molecule has 3 rings (SSSR count). The van der Waals surface area contributed by atoms with Crippen LogP contribution in [0, 0.1) is 0 Å². The largest absolute Gasteiger partial charge is 0.493 e. The van der Waals surface area contributed by atoms with Crippen molar-refractivity contribution >= 4 is 29.5 Å². The van der Waals surface area contributed by atoms with Crippen LogP contribution in [0.15, 0.2) is 41.8 Å². The number of rotatable bonds is 8. The fourth-order valence-electron chi connectivity index (χ4n) is 3.05. The second-order valence-electron chi connectivity index (χ2n) is 6.68. The Balaban J connectivity index is 0.00000320. The number of carbonyl (C=O) groups is 1. The van der Waals surface area contributed by atoms with Gasteiger partial charge < -0.3 is 19.1 Å². The van der Waals surface area contributed by atoms with Gasteiger partial charge in [-0.3, -0.25) is 4.79 Å². The van der Waals surface area contributed by atoms with Gasteiger partial charge in [-0.1, -0.05) is 24.3 Å². The average Bonchev–Trinajstić information content (AvgIpc) is 3.22. The number of carbonyl (C=O) groups excluding carboxylic acids is 1. The van der Waals surface area contributed by atoms with Crippen LogP contribution in [0.5, 0.6) is 17.2 Å². The van der Waals surface area contributed by atoms with E-state index in [1.807, 2.05) is 26.2 Å². The SMILES string of the molecule is COc1ccc(C(=O)c2csc(-c3ccc(CN(C)C)cc3)n2)c(OC)c1OC.Cl. The van der Waals surface area contributed by atoms with Crippen LogP contribution in [0.3, 0.4) is 0 Å². The lowest BCUT2D eigenvalue weighted by molar-refractivity contribution is 0.103. The summed E-state index contributed by atoms with van der Waals surface area (Å²) in [5, 5.41) is 2.56. The highest BCUT2D eigenvalue weighted by Gasteiger charge is 2.23. The maximum absolute atomic E-state index is 13.1. The Hall–Kier alpha value is -2.61. The minimum atomic E-state index is -0.227. The number of benzene rings is 2. The number of halogens is 1. The van der Waals surface area contributed by atoms with Crippen molar-refractivity contribution in [3.63, 3.8) is 0 Å². The van der Waals surface area contributed by atoms with Crippen molar-refractivity contribution in [2.24, 2.45) is 0 Å². The Kier molecular flexibility index (Phi) is 8.23. The molecular formula is C22H25ClN2O4S. The van der Waals surface area contributed by atoms with Crippen LogP contribution in [0.4, 0.5) is 0 Å².